The Morgan fingerprint density at radius 2 is 1.87 bits per heavy atom. The van der Waals surface area contributed by atoms with Gasteiger partial charge in [-0.1, -0.05) is 0 Å². The Hall–Kier alpha value is -3.36. The summed E-state index contributed by atoms with van der Waals surface area (Å²) < 4.78 is 42.6. The normalized spacial score (nSPS) is 11.6. The number of benzene rings is 1. The van der Waals surface area contributed by atoms with Crippen LogP contribution in [0.5, 0.6) is 5.75 Å². The van der Waals surface area contributed by atoms with Gasteiger partial charge in [-0.05, 0) is 55.8 Å². The number of hydrogen-bond acceptors (Lipinski definition) is 4. The first-order valence-electron chi connectivity index (χ1n) is 9.22. The van der Waals surface area contributed by atoms with Gasteiger partial charge in [0.2, 0.25) is 0 Å². The van der Waals surface area contributed by atoms with Crippen LogP contribution in [0.3, 0.4) is 0 Å². The van der Waals surface area contributed by atoms with E-state index in [9.17, 15) is 18.0 Å². The molecule has 0 radical (unpaired) electrons. The smallest absolute Gasteiger partial charge is 0.406 e. The first kappa shape index (κ1) is 21.4. The molecule has 3 rings (SSSR count). The van der Waals surface area contributed by atoms with Gasteiger partial charge in [-0.15, -0.1) is 13.2 Å². The van der Waals surface area contributed by atoms with Crippen molar-refractivity contribution in [2.45, 2.75) is 32.8 Å². The van der Waals surface area contributed by atoms with Gasteiger partial charge in [0.05, 0.1) is 12.0 Å². The van der Waals surface area contributed by atoms with Gasteiger partial charge >= 0.3 is 6.36 Å². The van der Waals surface area contributed by atoms with Crippen LogP contribution in [0.25, 0.3) is 11.3 Å². The molecular formula is C21H21F3N4O2. The number of imidazole rings is 1. The van der Waals surface area contributed by atoms with Gasteiger partial charge in [-0.3, -0.25) is 9.78 Å². The summed E-state index contributed by atoms with van der Waals surface area (Å²) in [7, 11) is 1.80. The molecular weight excluding hydrogens is 397 g/mol. The van der Waals surface area contributed by atoms with E-state index < -0.39 is 6.36 Å². The second kappa shape index (κ2) is 8.56. The van der Waals surface area contributed by atoms with Crippen LogP contribution in [-0.2, 0) is 13.6 Å². The van der Waals surface area contributed by atoms with Crippen molar-refractivity contribution in [1.82, 2.24) is 19.4 Å². The Labute approximate surface area is 171 Å². The fraction of sp³-hybridized carbons (Fsp3) is 0.286. The summed E-state index contributed by atoms with van der Waals surface area (Å²) in [5.41, 5.74) is 2.42. The number of carbonyl (C=O) groups excluding carboxylic acids is 1. The number of amides is 1. The monoisotopic (exact) mass is 418 g/mol. The van der Waals surface area contributed by atoms with Gasteiger partial charge in [0.25, 0.3) is 5.91 Å². The summed E-state index contributed by atoms with van der Waals surface area (Å²) >= 11 is 0. The van der Waals surface area contributed by atoms with Crippen LogP contribution in [0.4, 0.5) is 13.2 Å². The zero-order valence-electron chi connectivity index (χ0n) is 16.7. The molecule has 0 aliphatic heterocycles. The van der Waals surface area contributed by atoms with Crippen LogP contribution >= 0.6 is 0 Å². The molecule has 0 aliphatic rings. The average molecular weight is 418 g/mol. The average Bonchev–Trinajstić information content (AvgIpc) is 3.11. The van der Waals surface area contributed by atoms with Crippen molar-refractivity contribution in [2.75, 3.05) is 0 Å². The van der Waals surface area contributed by atoms with E-state index in [1.54, 1.807) is 47.4 Å². The molecule has 3 aromatic rings. The lowest BCUT2D eigenvalue weighted by molar-refractivity contribution is -0.274. The molecule has 0 atom stereocenters. The fourth-order valence-corrected chi connectivity index (χ4v) is 2.91. The van der Waals surface area contributed by atoms with Gasteiger partial charge in [0.1, 0.15) is 11.4 Å². The molecule has 0 N–H and O–H groups in total. The second-order valence-corrected chi connectivity index (χ2v) is 7.07. The van der Waals surface area contributed by atoms with E-state index in [1.807, 2.05) is 13.8 Å². The Morgan fingerprint density at radius 3 is 2.43 bits per heavy atom. The Morgan fingerprint density at radius 1 is 1.17 bits per heavy atom. The van der Waals surface area contributed by atoms with Crippen molar-refractivity contribution in [1.29, 1.82) is 0 Å². The number of hydrogen-bond donors (Lipinski definition) is 0. The number of pyridine rings is 1. The fourth-order valence-electron chi connectivity index (χ4n) is 2.91. The lowest BCUT2D eigenvalue weighted by Crippen LogP contribution is -2.36. The molecule has 1 amide bonds. The third-order valence-corrected chi connectivity index (χ3v) is 4.37. The van der Waals surface area contributed by atoms with Crippen molar-refractivity contribution < 1.29 is 22.7 Å². The molecule has 0 fully saturated rings. The van der Waals surface area contributed by atoms with Crippen LogP contribution in [0.2, 0.25) is 0 Å². The van der Waals surface area contributed by atoms with Crippen molar-refractivity contribution in [3.05, 3.63) is 66.4 Å². The van der Waals surface area contributed by atoms with E-state index in [2.05, 4.69) is 14.7 Å². The van der Waals surface area contributed by atoms with E-state index in [0.29, 0.717) is 23.5 Å². The summed E-state index contributed by atoms with van der Waals surface area (Å²) in [4.78, 5) is 23.0. The third kappa shape index (κ3) is 5.37. The number of aromatic nitrogens is 3. The van der Waals surface area contributed by atoms with Gasteiger partial charge in [-0.2, -0.15) is 0 Å². The zero-order valence-corrected chi connectivity index (χ0v) is 16.7. The minimum absolute atomic E-state index is 0.0603. The lowest BCUT2D eigenvalue weighted by Gasteiger charge is -2.26. The predicted molar refractivity (Wildman–Crippen MR) is 105 cm³/mol. The van der Waals surface area contributed by atoms with Gasteiger partial charge in [-0.25, -0.2) is 4.98 Å². The molecule has 0 spiro atoms. The van der Waals surface area contributed by atoms with E-state index >= 15 is 0 Å². The summed E-state index contributed by atoms with van der Waals surface area (Å²) in [6.07, 6.45) is 0.109. The molecule has 0 saturated heterocycles. The van der Waals surface area contributed by atoms with Crippen molar-refractivity contribution in [2.24, 2.45) is 7.05 Å². The number of rotatable bonds is 6. The number of ether oxygens (including phenoxy) is 1. The van der Waals surface area contributed by atoms with Crippen LogP contribution in [0, 0.1) is 0 Å². The summed E-state index contributed by atoms with van der Waals surface area (Å²) in [5.74, 6) is -0.480. The van der Waals surface area contributed by atoms with Crippen LogP contribution in [-0.4, -0.2) is 37.7 Å². The molecule has 2 heterocycles. The molecule has 30 heavy (non-hydrogen) atoms. The SMILES string of the molecule is CC(C)N(Cc1ccnc(-c2ccc(OC(F)(F)F)cc2)c1)C(=O)c1cn(C)cn1. The highest BCUT2D eigenvalue weighted by atomic mass is 19.4. The Kier molecular flexibility index (Phi) is 6.09. The minimum Gasteiger partial charge on any atom is -0.406 e. The predicted octanol–water partition coefficient (Wildman–Crippen LogP) is 4.43. The molecule has 2 aromatic heterocycles. The van der Waals surface area contributed by atoms with E-state index in [0.717, 1.165) is 5.56 Å². The number of alkyl halides is 3. The number of aryl methyl sites for hydroxylation is 1. The van der Waals surface area contributed by atoms with Crippen molar-refractivity contribution >= 4 is 5.91 Å². The maximum absolute atomic E-state index is 12.8. The van der Waals surface area contributed by atoms with Gasteiger partial charge in [0.15, 0.2) is 0 Å². The topological polar surface area (TPSA) is 60.3 Å². The van der Waals surface area contributed by atoms with Gasteiger partial charge in [0, 0.05) is 37.6 Å². The van der Waals surface area contributed by atoms with E-state index in [4.69, 9.17) is 0 Å². The third-order valence-electron chi connectivity index (χ3n) is 4.37. The summed E-state index contributed by atoms with van der Waals surface area (Å²) in [6.45, 7) is 4.18. The number of halogens is 3. The Bertz CT molecular complexity index is 1010. The number of carbonyl (C=O) groups is 1. The molecule has 0 unspecified atom stereocenters. The Balaban J connectivity index is 1.79. The maximum atomic E-state index is 12.8. The zero-order chi connectivity index (χ0) is 21.9. The van der Waals surface area contributed by atoms with Crippen molar-refractivity contribution in [3.63, 3.8) is 0 Å². The largest absolute Gasteiger partial charge is 0.573 e. The molecule has 158 valence electrons. The molecule has 0 bridgehead atoms. The first-order valence-corrected chi connectivity index (χ1v) is 9.22. The standard InChI is InChI=1S/C21H21F3N4O2/c1-14(2)28(20(29)19-12-27(3)13-26-19)11-15-8-9-25-18(10-15)16-4-6-17(7-5-16)30-21(22,23)24/h4-10,12-14H,11H2,1-3H3. The minimum atomic E-state index is -4.74. The second-order valence-electron chi connectivity index (χ2n) is 7.07. The molecule has 0 saturated carbocycles. The van der Waals surface area contributed by atoms with E-state index in [-0.39, 0.29) is 17.7 Å². The van der Waals surface area contributed by atoms with Gasteiger partial charge < -0.3 is 14.2 Å². The lowest BCUT2D eigenvalue weighted by atomic mass is 10.1. The van der Waals surface area contributed by atoms with Crippen LogP contribution in [0.1, 0.15) is 29.9 Å². The summed E-state index contributed by atoms with van der Waals surface area (Å²) in [6, 6.07) is 9.03. The molecule has 1 aromatic carbocycles. The first-order chi connectivity index (χ1) is 14.1. The molecule has 0 aliphatic carbocycles. The quantitative estimate of drug-likeness (QED) is 0.594. The highest BCUT2D eigenvalue weighted by Gasteiger charge is 2.31. The van der Waals surface area contributed by atoms with E-state index in [1.165, 1.54) is 24.3 Å². The van der Waals surface area contributed by atoms with Crippen molar-refractivity contribution in [3.8, 4) is 17.0 Å². The molecule has 9 heteroatoms. The highest BCUT2D eigenvalue weighted by Crippen LogP contribution is 2.26. The van der Waals surface area contributed by atoms with Crippen LogP contribution in [0.15, 0.2) is 55.1 Å². The molecule has 6 nitrogen and oxygen atoms in total. The van der Waals surface area contributed by atoms with Crippen LogP contribution < -0.4 is 4.74 Å². The summed E-state index contributed by atoms with van der Waals surface area (Å²) in [5, 5.41) is 0. The highest BCUT2D eigenvalue weighted by molar-refractivity contribution is 5.92. The maximum Gasteiger partial charge on any atom is 0.573 e. The number of nitrogens with zero attached hydrogens (tertiary/aromatic N) is 4.